The molecule has 0 radical (unpaired) electrons. The maximum Gasteiger partial charge on any atom is 0.407 e. The van der Waals surface area contributed by atoms with E-state index in [1.54, 1.807) is 91.1 Å². The van der Waals surface area contributed by atoms with E-state index in [1.165, 1.54) is 26.5 Å². The van der Waals surface area contributed by atoms with Gasteiger partial charge in [-0.1, -0.05) is 84.4 Å². The monoisotopic (exact) mass is 1150 g/mol. The van der Waals surface area contributed by atoms with Crippen molar-refractivity contribution in [1.29, 1.82) is 0 Å². The highest BCUT2D eigenvalue weighted by Crippen LogP contribution is 2.39. The van der Waals surface area contributed by atoms with E-state index < -0.39 is 43.4 Å². The first-order chi connectivity index (χ1) is 38.6. The maximum absolute atomic E-state index is 13.6. The third-order valence-corrected chi connectivity index (χ3v) is 17.2. The number of carbonyl (C=O) groups excluding carboxylic acids is 2. The van der Waals surface area contributed by atoms with Crippen molar-refractivity contribution in [3.8, 4) is 22.5 Å². The molecule has 0 saturated heterocycles. The molecule has 4 atom stereocenters. The van der Waals surface area contributed by atoms with Gasteiger partial charge in [0, 0.05) is 64.7 Å². The molecule has 0 spiro atoms. The number of nitrogens with one attached hydrogen (secondary N) is 4. The van der Waals surface area contributed by atoms with Gasteiger partial charge in [-0.3, -0.25) is 0 Å². The van der Waals surface area contributed by atoms with Gasteiger partial charge in [0.25, 0.3) is 20.0 Å². The summed E-state index contributed by atoms with van der Waals surface area (Å²) in [5.74, 6) is 0.711. The van der Waals surface area contributed by atoms with Gasteiger partial charge in [0.05, 0.1) is 50.0 Å². The van der Waals surface area contributed by atoms with Crippen LogP contribution in [-0.2, 0) is 29.5 Å². The van der Waals surface area contributed by atoms with Crippen molar-refractivity contribution in [2.75, 3.05) is 10.6 Å². The highest BCUT2D eigenvalue weighted by atomic mass is 35.5. The summed E-state index contributed by atoms with van der Waals surface area (Å²) >= 11 is 6.57. The van der Waals surface area contributed by atoms with Gasteiger partial charge in [0.15, 0.2) is 0 Å². The standard InChI is InChI=1S/C30H32N6O4S.C29H32ClN5O4S/c1-30(2,3)40-29(37)34-21-12-10-11-20(17-21)33-28-32-18-25(31-4)27(35-28)24-19-36(26-16-9-8-15-23(24)26)41(38,39)22-13-6-5-7-14-22;1-29(2,3)39-28(36)33-20-11-9-10-19(16-20)32-27-31-17-24(30)26(34-27)23-18-35(25-15-8-7-14-22(23)25)40(37,38)21-12-5-4-6-13-21/h5-9,13-16,18-21H,10-12,17H2,1-3H3,(H,34,37)(H,32,33,35);4-8,12-15,17-20H,9-11,16H2,1-3H3,(H,33,36)(H,31,32,34)/t20-,21+;19-,20+/m11/s1. The Bertz CT molecular complexity index is 3860. The second kappa shape index (κ2) is 24.0. The number of para-hydroxylation sites is 2. The number of hydrogen-bond donors (Lipinski definition) is 4. The van der Waals surface area contributed by atoms with Crippen molar-refractivity contribution in [3.05, 3.63) is 150 Å². The van der Waals surface area contributed by atoms with Crippen LogP contribution in [0.2, 0.25) is 5.02 Å². The molecule has 0 aliphatic heterocycles. The van der Waals surface area contributed by atoms with Gasteiger partial charge < -0.3 is 30.7 Å². The first-order valence-corrected chi connectivity index (χ1v) is 29.9. The minimum atomic E-state index is -3.90. The molecule has 2 aliphatic rings. The van der Waals surface area contributed by atoms with Crippen LogP contribution in [0.5, 0.6) is 0 Å². The zero-order valence-corrected chi connectivity index (χ0v) is 48.1. The number of benzene rings is 4. The Labute approximate surface area is 476 Å². The number of fused-ring (bicyclic) bond motifs is 2. The average Bonchev–Trinajstić information content (AvgIpc) is 4.22. The normalized spacial score (nSPS) is 17.7. The number of ether oxygens (including phenoxy) is 2. The predicted octanol–water partition coefficient (Wildman–Crippen LogP) is 12.4. The molecule has 19 nitrogen and oxygen atoms in total. The lowest BCUT2D eigenvalue weighted by Crippen LogP contribution is -2.44. The van der Waals surface area contributed by atoms with Crippen LogP contribution >= 0.6 is 11.6 Å². The molecule has 4 aromatic heterocycles. The SMILES string of the molecule is CC(C)(C)OC(=O)N[C@H]1CCC[C@@H](Nc2ncc(Cl)c(-c3cn(S(=O)(=O)c4ccccc4)c4ccccc34)n2)C1.[C-]#[N+]c1cnc(N[C@@H]2CCC[C@H](NC(=O)OC(C)(C)C)C2)nc1-c1cn(S(=O)(=O)c2ccccc2)c2ccccc12. The Kier molecular flexibility index (Phi) is 17.0. The van der Waals surface area contributed by atoms with Gasteiger partial charge in [-0.25, -0.2) is 59.2 Å². The molecule has 0 bridgehead atoms. The van der Waals surface area contributed by atoms with E-state index in [1.807, 2.05) is 65.8 Å². The summed E-state index contributed by atoms with van der Waals surface area (Å²) in [7, 11) is -7.75. The van der Waals surface area contributed by atoms with Crippen molar-refractivity contribution in [3.63, 3.8) is 0 Å². The largest absolute Gasteiger partial charge is 0.444 e. The van der Waals surface area contributed by atoms with Gasteiger partial charge in [-0.2, -0.15) is 0 Å². The van der Waals surface area contributed by atoms with E-state index in [4.69, 9.17) is 37.6 Å². The second-order valence-corrected chi connectivity index (χ2v) is 26.0. The molecule has 8 aromatic rings. The van der Waals surface area contributed by atoms with E-state index in [0.29, 0.717) is 74.1 Å². The number of halogens is 1. The fourth-order valence-electron chi connectivity index (χ4n) is 10.1. The second-order valence-electron chi connectivity index (χ2n) is 22.0. The summed E-state index contributed by atoms with van der Waals surface area (Å²) in [5, 5.41) is 14.3. The summed E-state index contributed by atoms with van der Waals surface area (Å²) in [6, 6.07) is 30.8. The fraction of sp³-hybridized carbons (Fsp3) is 0.339. The zero-order valence-electron chi connectivity index (χ0n) is 45.8. The topological polar surface area (TPSA) is 235 Å². The first kappa shape index (κ1) is 57.6. The van der Waals surface area contributed by atoms with Crippen LogP contribution in [0.25, 0.3) is 49.2 Å². The Morgan fingerprint density at radius 2 is 0.975 bits per heavy atom. The number of amides is 2. The van der Waals surface area contributed by atoms with Crippen LogP contribution in [0.1, 0.15) is 92.9 Å². The molecule has 4 aromatic carbocycles. The molecule has 22 heteroatoms. The highest BCUT2D eigenvalue weighted by Gasteiger charge is 2.30. The van der Waals surface area contributed by atoms with Gasteiger partial charge in [0.1, 0.15) is 11.2 Å². The third-order valence-electron chi connectivity index (χ3n) is 13.6. The molecule has 422 valence electrons. The lowest BCUT2D eigenvalue weighted by atomic mass is 9.91. The van der Waals surface area contributed by atoms with Crippen LogP contribution in [0.4, 0.5) is 27.2 Å². The summed E-state index contributed by atoms with van der Waals surface area (Å²) in [5.41, 5.74) is 1.95. The molecular weight excluding hydrogens is 1090 g/mol. The Morgan fingerprint density at radius 3 is 1.42 bits per heavy atom. The highest BCUT2D eigenvalue weighted by molar-refractivity contribution is 7.90. The summed E-state index contributed by atoms with van der Waals surface area (Å²) in [6.07, 6.45) is 11.8. The average molecular weight is 1150 g/mol. The Morgan fingerprint density at radius 1 is 0.580 bits per heavy atom. The lowest BCUT2D eigenvalue weighted by molar-refractivity contribution is 0.0479. The number of hydrogen-bond acceptors (Lipinski definition) is 14. The molecule has 0 unspecified atom stereocenters. The number of alkyl carbamates (subject to hydrolysis) is 2. The molecule has 2 fully saturated rings. The van der Waals surface area contributed by atoms with Crippen LogP contribution in [-0.4, -0.2) is 92.3 Å². The number of anilines is 2. The third kappa shape index (κ3) is 13.8. The molecule has 10 rings (SSSR count). The molecule has 2 amide bonds. The van der Waals surface area contributed by atoms with Crippen molar-refractivity contribution >= 4 is 83.2 Å². The lowest BCUT2D eigenvalue weighted by Gasteiger charge is -2.31. The summed E-state index contributed by atoms with van der Waals surface area (Å²) in [4.78, 5) is 46.7. The predicted molar refractivity (Wildman–Crippen MR) is 313 cm³/mol. The van der Waals surface area contributed by atoms with Crippen molar-refractivity contribution < 1.29 is 35.9 Å². The first-order valence-electron chi connectivity index (χ1n) is 26.7. The number of carbonyl (C=O) groups is 2. The maximum atomic E-state index is 13.6. The number of nitrogens with zero attached hydrogens (tertiary/aromatic N) is 7. The van der Waals surface area contributed by atoms with E-state index in [0.717, 1.165) is 38.5 Å². The minimum Gasteiger partial charge on any atom is -0.444 e. The molecule has 4 heterocycles. The minimum absolute atomic E-state index is 0.00451. The smallest absolute Gasteiger partial charge is 0.407 e. The fourth-order valence-corrected chi connectivity index (χ4v) is 13.0. The molecule has 2 saturated carbocycles. The van der Waals surface area contributed by atoms with Crippen LogP contribution in [0, 0.1) is 6.57 Å². The van der Waals surface area contributed by atoms with Gasteiger partial charge in [0.2, 0.25) is 17.6 Å². The van der Waals surface area contributed by atoms with E-state index in [9.17, 15) is 26.4 Å². The molecule has 4 N–H and O–H groups in total. The Hall–Kier alpha value is -8.06. The van der Waals surface area contributed by atoms with Crippen molar-refractivity contribution in [1.82, 2.24) is 38.5 Å². The van der Waals surface area contributed by atoms with E-state index in [-0.39, 0.29) is 39.6 Å². The van der Waals surface area contributed by atoms with E-state index >= 15 is 0 Å². The van der Waals surface area contributed by atoms with E-state index in [2.05, 4.69) is 36.1 Å². The van der Waals surface area contributed by atoms with Crippen LogP contribution < -0.4 is 21.3 Å². The van der Waals surface area contributed by atoms with Crippen LogP contribution in [0.15, 0.2) is 144 Å². The van der Waals surface area contributed by atoms with Crippen LogP contribution in [0.3, 0.4) is 0 Å². The number of aromatic nitrogens is 6. The van der Waals surface area contributed by atoms with Crippen molar-refractivity contribution in [2.24, 2.45) is 0 Å². The van der Waals surface area contributed by atoms with Gasteiger partial charge in [-0.05, 0) is 129 Å². The Balaban J connectivity index is 0.000000196. The van der Waals surface area contributed by atoms with Gasteiger partial charge >= 0.3 is 12.2 Å². The van der Waals surface area contributed by atoms with Gasteiger partial charge in [-0.15, -0.1) is 0 Å². The molecule has 81 heavy (non-hydrogen) atoms. The van der Waals surface area contributed by atoms with Crippen molar-refractivity contribution in [2.45, 2.75) is 138 Å². The zero-order chi connectivity index (χ0) is 57.7. The summed E-state index contributed by atoms with van der Waals surface area (Å²) < 4.78 is 67.6. The quantitative estimate of drug-likeness (QED) is 0.0833. The molecule has 2 aliphatic carbocycles. The molecular formula is C59H64ClN11O8S2. The summed E-state index contributed by atoms with van der Waals surface area (Å²) in [6.45, 7) is 18.7. The number of rotatable bonds is 12.